The predicted octanol–water partition coefficient (Wildman–Crippen LogP) is 8.90. The Kier molecular flexibility index (Phi) is 24.5. The SMILES string of the molecule is O=C(O)c1c(OCc2ccccc2)c(=O)ccn1CC(COCc1ccccc1)OCc1ccccc1.O=C(ON1C(=O)CCC1=O)c1c(OCc2ccccc2)c(=O)ccn1CC(COCc1ccccc1)OCc1ccccc1.O=C1CCC(=O)N1O. The molecule has 89 heavy (non-hydrogen) atoms. The summed E-state index contributed by atoms with van der Waals surface area (Å²) in [6, 6.07) is 59.7. The number of ether oxygens (including phenoxy) is 6. The molecule has 10 rings (SSSR count). The number of carbonyl (C=O) groups excluding carboxylic acids is 5. The fourth-order valence-corrected chi connectivity index (χ4v) is 9.02. The third-order valence-corrected chi connectivity index (χ3v) is 13.6. The number of imide groups is 2. The maximum atomic E-state index is 13.6. The maximum absolute atomic E-state index is 13.6. The summed E-state index contributed by atoms with van der Waals surface area (Å²) in [4.78, 5) is 102. The number of carboxylic acids is 1. The van der Waals surface area contributed by atoms with E-state index in [2.05, 4.69) is 0 Å². The largest absolute Gasteiger partial charge is 0.482 e. The molecule has 2 N–H and O–H groups in total. The van der Waals surface area contributed by atoms with Crippen LogP contribution >= 0.6 is 0 Å². The highest BCUT2D eigenvalue weighted by Crippen LogP contribution is 2.23. The number of carboxylic acid groups (broad SMARTS) is 1. The van der Waals surface area contributed by atoms with Crippen molar-refractivity contribution in [2.75, 3.05) is 13.2 Å². The molecular formula is C68H66N4O17. The summed E-state index contributed by atoms with van der Waals surface area (Å²) in [5, 5.41) is 19.0. The summed E-state index contributed by atoms with van der Waals surface area (Å²) in [6.07, 6.45) is 1.98. The lowest BCUT2D eigenvalue weighted by Crippen LogP contribution is -2.35. The molecule has 0 saturated carbocycles. The fourth-order valence-electron chi connectivity index (χ4n) is 9.02. The molecule has 6 aromatic carbocycles. The van der Waals surface area contributed by atoms with E-state index in [9.17, 15) is 43.5 Å². The second kappa shape index (κ2) is 33.7. The van der Waals surface area contributed by atoms with Gasteiger partial charge in [-0.25, -0.2) is 9.59 Å². The zero-order chi connectivity index (χ0) is 62.7. The minimum Gasteiger partial charge on any atom is -0.482 e. The second-order valence-electron chi connectivity index (χ2n) is 20.3. The highest BCUT2D eigenvalue weighted by molar-refractivity contribution is 6.03. The molecule has 21 nitrogen and oxygen atoms in total. The molecule has 4 amide bonds. The standard InChI is InChI=1S/C34H32N2O8.C30H29NO6.C4H5NO3/c37-29-18-19-35(20-28(42-22-26-12-6-2-7-13-26)24-41-21-25-10-4-1-5-11-25)32(33(29)43-23-27-14-8-3-9-15-27)34(40)44-36-30(38)16-17-31(36)39;32-27-16-17-31(28(30(33)34)29(27)37-21-25-14-8-3-9-15-25)18-26(36-20-24-12-6-2-7-13-24)22-35-19-23-10-4-1-5-11-23;6-3-1-2-4(7)5(3)8/h1-15,18-19,28H,16-17,20-24H2;1-17,26H,18-22H2,(H,33,34);8H,1-2H2. The number of amides is 4. The number of hydrogen-bond donors (Lipinski definition) is 2. The molecule has 8 aromatic rings. The Morgan fingerprint density at radius 3 is 1.06 bits per heavy atom. The summed E-state index contributed by atoms with van der Waals surface area (Å²) in [5.74, 6) is -5.10. The van der Waals surface area contributed by atoms with Crippen LogP contribution in [0.1, 0.15) is 80.0 Å². The molecular weight excluding hydrogens is 1140 g/mol. The second-order valence-corrected chi connectivity index (χ2v) is 20.3. The smallest absolute Gasteiger partial charge is 0.384 e. The Bertz CT molecular complexity index is 3690. The molecule has 2 atom stereocenters. The summed E-state index contributed by atoms with van der Waals surface area (Å²) < 4.78 is 38.9. The van der Waals surface area contributed by atoms with Gasteiger partial charge in [0.1, 0.15) is 13.2 Å². The van der Waals surface area contributed by atoms with E-state index in [4.69, 9.17) is 38.5 Å². The average molecular weight is 1210 g/mol. The number of carbonyl (C=O) groups is 6. The van der Waals surface area contributed by atoms with Gasteiger partial charge in [0, 0.05) is 50.2 Å². The highest BCUT2D eigenvalue weighted by atomic mass is 16.7. The van der Waals surface area contributed by atoms with Crippen molar-refractivity contribution >= 4 is 35.6 Å². The van der Waals surface area contributed by atoms with Gasteiger partial charge in [-0.1, -0.05) is 182 Å². The van der Waals surface area contributed by atoms with Crippen molar-refractivity contribution in [3.05, 3.63) is 272 Å². The molecule has 2 aromatic heterocycles. The number of pyridine rings is 2. The third kappa shape index (κ3) is 19.9. The van der Waals surface area contributed by atoms with Crippen molar-refractivity contribution in [2.24, 2.45) is 0 Å². The normalized spacial score (nSPS) is 13.4. The zero-order valence-electron chi connectivity index (χ0n) is 48.5. The first-order valence-electron chi connectivity index (χ1n) is 28.5. The maximum Gasteiger partial charge on any atom is 0.384 e. The van der Waals surface area contributed by atoms with Crippen LogP contribution in [0.25, 0.3) is 0 Å². The summed E-state index contributed by atoms with van der Waals surface area (Å²) in [5.41, 5.74) is 4.00. The van der Waals surface area contributed by atoms with E-state index in [1.165, 1.54) is 33.7 Å². The fraction of sp³-hybridized carbons (Fsp3) is 0.235. The molecule has 0 radical (unpaired) electrons. The highest BCUT2D eigenvalue weighted by Gasteiger charge is 2.36. The van der Waals surface area contributed by atoms with Crippen molar-refractivity contribution < 1.29 is 72.3 Å². The molecule has 0 spiro atoms. The first kappa shape index (κ1) is 64.8. The summed E-state index contributed by atoms with van der Waals surface area (Å²) in [6.45, 7) is 2.03. The van der Waals surface area contributed by atoms with Gasteiger partial charge in [0.25, 0.3) is 23.6 Å². The van der Waals surface area contributed by atoms with E-state index in [0.29, 0.717) is 24.9 Å². The third-order valence-electron chi connectivity index (χ3n) is 13.6. The van der Waals surface area contributed by atoms with Gasteiger partial charge in [0.15, 0.2) is 22.9 Å². The van der Waals surface area contributed by atoms with Crippen LogP contribution in [-0.4, -0.2) is 90.6 Å². The van der Waals surface area contributed by atoms with Gasteiger partial charge in [-0.2, -0.15) is 5.06 Å². The van der Waals surface area contributed by atoms with Crippen LogP contribution in [0.15, 0.2) is 216 Å². The van der Waals surface area contributed by atoms with E-state index in [0.717, 1.165) is 33.4 Å². The lowest BCUT2D eigenvalue weighted by Gasteiger charge is -2.23. The van der Waals surface area contributed by atoms with Crippen molar-refractivity contribution in [2.45, 2.75) is 90.6 Å². The van der Waals surface area contributed by atoms with Gasteiger partial charge in [0.05, 0.1) is 64.9 Å². The Hall–Kier alpha value is -10.2. The molecule has 2 unspecified atom stereocenters. The number of hydrogen-bond acceptors (Lipinski definition) is 16. The molecule has 0 aliphatic carbocycles. The molecule has 2 fully saturated rings. The van der Waals surface area contributed by atoms with Crippen molar-refractivity contribution in [3.63, 3.8) is 0 Å². The molecule has 2 saturated heterocycles. The van der Waals surface area contributed by atoms with Crippen LogP contribution in [0, 0.1) is 0 Å². The van der Waals surface area contributed by atoms with Crippen molar-refractivity contribution in [1.29, 1.82) is 0 Å². The average Bonchev–Trinajstić information content (AvgIpc) is 1.86. The minimum atomic E-state index is -1.26. The van der Waals surface area contributed by atoms with Crippen LogP contribution < -0.4 is 20.3 Å². The lowest BCUT2D eigenvalue weighted by molar-refractivity contribution is -0.173. The van der Waals surface area contributed by atoms with Crippen LogP contribution in [0.2, 0.25) is 0 Å². The molecule has 4 heterocycles. The molecule has 21 heteroatoms. The van der Waals surface area contributed by atoms with E-state index < -0.39 is 58.6 Å². The van der Waals surface area contributed by atoms with Gasteiger partial charge < -0.3 is 47.5 Å². The number of benzene rings is 6. The predicted molar refractivity (Wildman–Crippen MR) is 322 cm³/mol. The molecule has 460 valence electrons. The Balaban J connectivity index is 0.000000206. The van der Waals surface area contributed by atoms with Crippen molar-refractivity contribution in [3.8, 4) is 11.5 Å². The molecule has 2 aliphatic rings. The number of aromatic nitrogens is 2. The van der Waals surface area contributed by atoms with E-state index >= 15 is 0 Å². The first-order valence-corrected chi connectivity index (χ1v) is 28.5. The first-order chi connectivity index (χ1) is 43.3. The van der Waals surface area contributed by atoms with Crippen LogP contribution in [0.5, 0.6) is 11.5 Å². The Morgan fingerprint density at radius 1 is 0.404 bits per heavy atom. The quantitative estimate of drug-likeness (QED) is 0.0360. The minimum absolute atomic E-state index is 0.00390. The lowest BCUT2D eigenvalue weighted by atomic mass is 10.2. The van der Waals surface area contributed by atoms with E-state index in [1.807, 2.05) is 182 Å². The van der Waals surface area contributed by atoms with Gasteiger partial charge in [0.2, 0.25) is 10.9 Å². The van der Waals surface area contributed by atoms with Crippen LogP contribution in [0.4, 0.5) is 0 Å². The monoisotopic (exact) mass is 1210 g/mol. The van der Waals surface area contributed by atoms with Gasteiger partial charge in [-0.15, -0.1) is 5.06 Å². The number of hydroxylamine groups is 4. The zero-order valence-corrected chi connectivity index (χ0v) is 48.5. The Morgan fingerprint density at radius 2 is 0.719 bits per heavy atom. The molecule has 2 aliphatic heterocycles. The summed E-state index contributed by atoms with van der Waals surface area (Å²) >= 11 is 0. The molecule has 0 bridgehead atoms. The van der Waals surface area contributed by atoms with E-state index in [-0.39, 0.29) is 99.8 Å². The topological polar surface area (TPSA) is 258 Å². The van der Waals surface area contributed by atoms with Gasteiger partial charge in [-0.05, 0) is 33.4 Å². The number of nitrogens with zero attached hydrogens (tertiary/aromatic N) is 4. The number of aromatic carboxylic acids is 1. The van der Waals surface area contributed by atoms with Gasteiger partial charge in [-0.3, -0.25) is 34.0 Å². The van der Waals surface area contributed by atoms with Gasteiger partial charge >= 0.3 is 11.9 Å². The van der Waals surface area contributed by atoms with Crippen LogP contribution in [0.3, 0.4) is 0 Å². The van der Waals surface area contributed by atoms with Crippen molar-refractivity contribution in [1.82, 2.24) is 19.3 Å². The van der Waals surface area contributed by atoms with Crippen LogP contribution in [-0.2, 0) is 95.7 Å². The Labute approximate surface area is 512 Å². The number of rotatable bonds is 27. The summed E-state index contributed by atoms with van der Waals surface area (Å²) in [7, 11) is 0. The van der Waals surface area contributed by atoms with E-state index in [1.54, 1.807) is 0 Å².